The average molecular weight is 266 g/mol. The number of aryl methyl sites for hydroxylation is 1. The molecule has 1 aromatic heterocycles. The fraction of sp³-hybridized carbons (Fsp3) is 0.857. The van der Waals surface area contributed by atoms with E-state index in [4.69, 9.17) is 4.74 Å². The van der Waals surface area contributed by atoms with Crippen LogP contribution in [0.3, 0.4) is 0 Å². The van der Waals surface area contributed by atoms with Crippen molar-refractivity contribution in [3.63, 3.8) is 0 Å². The molecule has 0 radical (unpaired) electrons. The molecule has 2 heterocycles. The minimum Gasteiger partial charge on any atom is -0.376 e. The van der Waals surface area contributed by atoms with Crippen molar-refractivity contribution in [1.29, 1.82) is 0 Å². The first-order valence-electron chi connectivity index (χ1n) is 7.60. The second kappa shape index (κ2) is 7.60. The third kappa shape index (κ3) is 3.76. The molecule has 19 heavy (non-hydrogen) atoms. The Morgan fingerprint density at radius 1 is 1.42 bits per heavy atom. The summed E-state index contributed by atoms with van der Waals surface area (Å²) in [6.07, 6.45) is 7.91. The predicted molar refractivity (Wildman–Crippen MR) is 74.9 cm³/mol. The summed E-state index contributed by atoms with van der Waals surface area (Å²) in [5.74, 6) is 0. The summed E-state index contributed by atoms with van der Waals surface area (Å²) in [5, 5.41) is 11.9. The molecule has 1 aromatic rings. The molecule has 0 aromatic carbocycles. The molecule has 1 fully saturated rings. The van der Waals surface area contributed by atoms with Crippen LogP contribution in [0.5, 0.6) is 0 Å². The lowest BCUT2D eigenvalue weighted by atomic mass is 9.99. The van der Waals surface area contributed by atoms with Crippen LogP contribution in [0.1, 0.15) is 57.7 Å². The highest BCUT2D eigenvalue weighted by atomic mass is 16.5. The Morgan fingerprint density at radius 2 is 2.32 bits per heavy atom. The molecule has 0 saturated carbocycles. The highest BCUT2D eigenvalue weighted by molar-refractivity contribution is 5.06. The molecule has 0 amide bonds. The maximum absolute atomic E-state index is 5.96. The summed E-state index contributed by atoms with van der Waals surface area (Å²) in [4.78, 5) is 0. The maximum atomic E-state index is 5.96. The van der Waals surface area contributed by atoms with Crippen LogP contribution in [0, 0.1) is 0 Å². The molecule has 2 unspecified atom stereocenters. The van der Waals surface area contributed by atoms with Crippen LogP contribution in [-0.2, 0) is 11.3 Å². The Morgan fingerprint density at radius 3 is 3.00 bits per heavy atom. The molecule has 5 nitrogen and oxygen atoms in total. The number of nitrogens with one attached hydrogen (secondary N) is 1. The van der Waals surface area contributed by atoms with Gasteiger partial charge in [0, 0.05) is 13.2 Å². The standard InChI is InChI=1S/C14H26N4O/c1-3-8-15-14(13-7-5-6-10-19-13)12-11-16-17-18(12)9-4-2/h11,13-15H,3-10H2,1-2H3. The number of rotatable bonds is 7. The first kappa shape index (κ1) is 14.5. The zero-order chi connectivity index (χ0) is 13.5. The van der Waals surface area contributed by atoms with Crippen LogP contribution in [-0.4, -0.2) is 34.2 Å². The van der Waals surface area contributed by atoms with Crippen molar-refractivity contribution in [3.8, 4) is 0 Å². The van der Waals surface area contributed by atoms with E-state index in [1.807, 2.05) is 10.9 Å². The molecule has 2 atom stereocenters. The Balaban J connectivity index is 2.12. The van der Waals surface area contributed by atoms with Crippen LogP contribution in [0.15, 0.2) is 6.20 Å². The highest BCUT2D eigenvalue weighted by Gasteiger charge is 2.28. The second-order valence-electron chi connectivity index (χ2n) is 5.22. The zero-order valence-electron chi connectivity index (χ0n) is 12.1. The van der Waals surface area contributed by atoms with Crippen molar-refractivity contribution in [2.24, 2.45) is 0 Å². The minimum atomic E-state index is 0.224. The van der Waals surface area contributed by atoms with Crippen molar-refractivity contribution in [2.45, 2.75) is 64.6 Å². The van der Waals surface area contributed by atoms with Crippen molar-refractivity contribution in [2.75, 3.05) is 13.2 Å². The van der Waals surface area contributed by atoms with E-state index < -0.39 is 0 Å². The monoisotopic (exact) mass is 266 g/mol. The largest absolute Gasteiger partial charge is 0.376 e. The van der Waals surface area contributed by atoms with E-state index in [2.05, 4.69) is 29.5 Å². The van der Waals surface area contributed by atoms with Crippen molar-refractivity contribution < 1.29 is 4.74 Å². The van der Waals surface area contributed by atoms with Gasteiger partial charge in [0.25, 0.3) is 0 Å². The van der Waals surface area contributed by atoms with E-state index >= 15 is 0 Å². The van der Waals surface area contributed by atoms with E-state index in [0.717, 1.165) is 39.0 Å². The van der Waals surface area contributed by atoms with Gasteiger partial charge in [-0.1, -0.05) is 19.1 Å². The maximum Gasteiger partial charge on any atom is 0.0785 e. The fourth-order valence-electron chi connectivity index (χ4n) is 2.65. The quantitative estimate of drug-likeness (QED) is 0.822. The molecule has 2 rings (SSSR count). The number of nitrogens with zero attached hydrogens (tertiary/aromatic N) is 3. The lowest BCUT2D eigenvalue weighted by Gasteiger charge is -2.31. The van der Waals surface area contributed by atoms with Gasteiger partial charge in [0.05, 0.1) is 24.0 Å². The van der Waals surface area contributed by atoms with E-state index in [1.165, 1.54) is 18.5 Å². The Labute approximate surface area is 115 Å². The second-order valence-corrected chi connectivity index (χ2v) is 5.22. The molecule has 0 aliphatic carbocycles. The third-order valence-electron chi connectivity index (χ3n) is 3.60. The van der Waals surface area contributed by atoms with Crippen LogP contribution in [0.4, 0.5) is 0 Å². The fourth-order valence-corrected chi connectivity index (χ4v) is 2.65. The Bertz CT molecular complexity index is 360. The first-order valence-corrected chi connectivity index (χ1v) is 7.60. The van der Waals surface area contributed by atoms with Crippen LogP contribution in [0.2, 0.25) is 0 Å². The molecule has 0 spiro atoms. The number of hydrogen-bond acceptors (Lipinski definition) is 4. The van der Waals surface area contributed by atoms with Gasteiger partial charge in [0.15, 0.2) is 0 Å². The molecule has 5 heteroatoms. The normalized spacial score (nSPS) is 21.5. The van der Waals surface area contributed by atoms with Gasteiger partial charge < -0.3 is 10.1 Å². The number of ether oxygens (including phenoxy) is 1. The first-order chi connectivity index (χ1) is 9.36. The van der Waals surface area contributed by atoms with Gasteiger partial charge in [-0.15, -0.1) is 5.10 Å². The molecule has 0 bridgehead atoms. The average Bonchev–Trinajstić information content (AvgIpc) is 2.89. The predicted octanol–water partition coefficient (Wildman–Crippen LogP) is 2.30. The third-order valence-corrected chi connectivity index (χ3v) is 3.60. The highest BCUT2D eigenvalue weighted by Crippen LogP contribution is 2.26. The van der Waals surface area contributed by atoms with E-state index in [1.54, 1.807) is 0 Å². The van der Waals surface area contributed by atoms with Crippen LogP contribution >= 0.6 is 0 Å². The van der Waals surface area contributed by atoms with E-state index in [0.29, 0.717) is 0 Å². The summed E-state index contributed by atoms with van der Waals surface area (Å²) in [5.41, 5.74) is 1.17. The molecular weight excluding hydrogens is 240 g/mol. The summed E-state index contributed by atoms with van der Waals surface area (Å²) >= 11 is 0. The van der Waals surface area contributed by atoms with Crippen LogP contribution in [0.25, 0.3) is 0 Å². The SMILES string of the molecule is CCCNC(c1cnnn1CCC)C1CCCCO1. The Hall–Kier alpha value is -0.940. The summed E-state index contributed by atoms with van der Waals surface area (Å²) in [6, 6.07) is 0.224. The van der Waals surface area contributed by atoms with Gasteiger partial charge in [0.1, 0.15) is 0 Å². The smallest absolute Gasteiger partial charge is 0.0785 e. The number of hydrogen-bond donors (Lipinski definition) is 1. The van der Waals surface area contributed by atoms with Crippen molar-refractivity contribution in [3.05, 3.63) is 11.9 Å². The van der Waals surface area contributed by atoms with Crippen LogP contribution < -0.4 is 5.32 Å². The molecule has 1 aliphatic rings. The van der Waals surface area contributed by atoms with Gasteiger partial charge in [-0.3, -0.25) is 0 Å². The molecular formula is C14H26N4O. The summed E-state index contributed by atoms with van der Waals surface area (Å²) in [6.45, 7) is 7.16. The Kier molecular flexibility index (Phi) is 5.79. The minimum absolute atomic E-state index is 0.224. The lowest BCUT2D eigenvalue weighted by molar-refractivity contribution is -0.00999. The lowest BCUT2D eigenvalue weighted by Crippen LogP contribution is -2.37. The molecule has 1 N–H and O–H groups in total. The number of aromatic nitrogens is 3. The zero-order valence-corrected chi connectivity index (χ0v) is 12.1. The van der Waals surface area contributed by atoms with Gasteiger partial charge in [-0.25, -0.2) is 4.68 Å². The van der Waals surface area contributed by atoms with Gasteiger partial charge in [-0.05, 0) is 38.6 Å². The van der Waals surface area contributed by atoms with Crippen molar-refractivity contribution in [1.82, 2.24) is 20.3 Å². The van der Waals surface area contributed by atoms with E-state index in [9.17, 15) is 0 Å². The molecule has 1 aliphatic heterocycles. The van der Waals surface area contributed by atoms with E-state index in [-0.39, 0.29) is 12.1 Å². The topological polar surface area (TPSA) is 52.0 Å². The van der Waals surface area contributed by atoms with Crippen molar-refractivity contribution >= 4 is 0 Å². The van der Waals surface area contributed by atoms with Gasteiger partial charge >= 0.3 is 0 Å². The molecule has 1 saturated heterocycles. The van der Waals surface area contributed by atoms with Gasteiger partial charge in [-0.2, -0.15) is 0 Å². The van der Waals surface area contributed by atoms with Gasteiger partial charge in [0.2, 0.25) is 0 Å². The molecule has 108 valence electrons. The summed E-state index contributed by atoms with van der Waals surface area (Å²) in [7, 11) is 0. The summed E-state index contributed by atoms with van der Waals surface area (Å²) < 4.78 is 7.98.